The number of nitriles is 1. The summed E-state index contributed by atoms with van der Waals surface area (Å²) in [6.45, 7) is 1.64. The number of urea groups is 1. The molecule has 0 unspecified atom stereocenters. The van der Waals surface area contributed by atoms with E-state index < -0.39 is 29.7 Å². The monoisotopic (exact) mass is 437 g/mol. The van der Waals surface area contributed by atoms with E-state index in [1.165, 1.54) is 17.2 Å². The lowest BCUT2D eigenvalue weighted by atomic mass is 10.1. The summed E-state index contributed by atoms with van der Waals surface area (Å²) in [5.41, 5.74) is -0.484. The van der Waals surface area contributed by atoms with Crippen molar-refractivity contribution in [2.24, 2.45) is 0 Å². The van der Waals surface area contributed by atoms with Crippen LogP contribution in [-0.2, 0) is 10.8 Å². The highest BCUT2D eigenvalue weighted by atomic mass is 19.3. The van der Waals surface area contributed by atoms with Gasteiger partial charge in [-0.3, -0.25) is 0 Å². The second-order valence-corrected chi connectivity index (χ2v) is 6.82. The van der Waals surface area contributed by atoms with E-state index in [1.807, 2.05) is 11.0 Å². The molecule has 2 amide bonds. The largest absolute Gasteiger partial charge is 0.540 e. The number of anilines is 2. The number of ether oxygens (including phenoxy) is 2. The number of aromatic nitrogens is 1. The molecular weight excluding hydrogens is 422 g/mol. The highest BCUT2D eigenvalue weighted by Gasteiger charge is 2.54. The first kappa shape index (κ1) is 20.7. The molecule has 1 saturated heterocycles. The average Bonchev–Trinajstić information content (AvgIpc) is 2.73. The third kappa shape index (κ3) is 4.31. The molecule has 2 aliphatic rings. The maximum absolute atomic E-state index is 13.9. The van der Waals surface area contributed by atoms with Crippen molar-refractivity contribution in [1.29, 1.82) is 5.26 Å². The molecule has 2 aliphatic heterocycles. The average molecular weight is 437 g/mol. The Morgan fingerprint density at radius 3 is 2.52 bits per heavy atom. The summed E-state index contributed by atoms with van der Waals surface area (Å²) >= 11 is 0. The first-order valence-electron chi connectivity index (χ1n) is 9.13. The molecule has 0 saturated carbocycles. The molecule has 12 heteroatoms. The van der Waals surface area contributed by atoms with E-state index >= 15 is 0 Å². The van der Waals surface area contributed by atoms with Gasteiger partial charge in [0.15, 0.2) is 0 Å². The van der Waals surface area contributed by atoms with E-state index in [-0.39, 0.29) is 5.69 Å². The van der Waals surface area contributed by atoms with Crippen molar-refractivity contribution in [1.82, 2.24) is 9.88 Å². The van der Waals surface area contributed by atoms with Gasteiger partial charge in [-0.25, -0.2) is 14.5 Å². The molecule has 0 bridgehead atoms. The fourth-order valence-electron chi connectivity index (χ4n) is 3.26. The van der Waals surface area contributed by atoms with Gasteiger partial charge < -0.3 is 19.9 Å². The zero-order valence-electron chi connectivity index (χ0n) is 15.8. The third-order valence-electron chi connectivity index (χ3n) is 4.79. The van der Waals surface area contributed by atoms with Gasteiger partial charge in [-0.2, -0.15) is 14.0 Å². The van der Waals surface area contributed by atoms with Gasteiger partial charge in [0, 0.05) is 38.1 Å². The number of hydrogen-bond acceptors (Lipinski definition) is 6. The van der Waals surface area contributed by atoms with Crippen molar-refractivity contribution < 1.29 is 31.8 Å². The number of nitrogens with zero attached hydrogens (tertiary/aromatic N) is 4. The van der Waals surface area contributed by atoms with Gasteiger partial charge >= 0.3 is 18.4 Å². The van der Waals surface area contributed by atoms with Crippen molar-refractivity contribution in [3.05, 3.63) is 47.7 Å². The van der Waals surface area contributed by atoms with Gasteiger partial charge in [0.2, 0.25) is 0 Å². The van der Waals surface area contributed by atoms with Gasteiger partial charge in [0.1, 0.15) is 17.6 Å². The Kier molecular flexibility index (Phi) is 5.06. The Morgan fingerprint density at radius 1 is 1.13 bits per heavy atom. The highest BCUT2D eigenvalue weighted by Crippen LogP contribution is 2.46. The molecule has 31 heavy (non-hydrogen) atoms. The first-order chi connectivity index (χ1) is 14.7. The van der Waals surface area contributed by atoms with E-state index in [2.05, 4.69) is 19.8 Å². The molecule has 1 aromatic carbocycles. The van der Waals surface area contributed by atoms with E-state index in [1.54, 1.807) is 12.1 Å². The number of amides is 2. The maximum atomic E-state index is 13.9. The van der Waals surface area contributed by atoms with Gasteiger partial charge in [-0.1, -0.05) is 0 Å². The summed E-state index contributed by atoms with van der Waals surface area (Å²) in [5, 5.41) is 11.3. The van der Waals surface area contributed by atoms with Gasteiger partial charge in [0.25, 0.3) is 0 Å². The predicted molar refractivity (Wildman–Crippen MR) is 98.8 cm³/mol. The Labute approximate surface area is 173 Å². The lowest BCUT2D eigenvalue weighted by Crippen LogP contribution is -2.50. The molecule has 0 radical (unpaired) electrons. The summed E-state index contributed by atoms with van der Waals surface area (Å²) in [6, 6.07) is 7.77. The number of piperazine rings is 1. The Hall–Kier alpha value is -3.59. The highest BCUT2D eigenvalue weighted by molar-refractivity contribution is 5.89. The van der Waals surface area contributed by atoms with E-state index in [9.17, 15) is 22.4 Å². The molecule has 8 nitrogen and oxygen atoms in total. The maximum Gasteiger partial charge on any atom is 0.540 e. The Balaban J connectivity index is 1.39. The number of hydrogen-bond donors (Lipinski definition) is 1. The molecule has 0 spiro atoms. The molecule has 3 heterocycles. The lowest BCUT2D eigenvalue weighted by molar-refractivity contribution is -0.461. The zero-order valence-corrected chi connectivity index (χ0v) is 15.8. The van der Waals surface area contributed by atoms with Gasteiger partial charge in [0.05, 0.1) is 11.1 Å². The zero-order chi connectivity index (χ0) is 22.2. The van der Waals surface area contributed by atoms with Crippen LogP contribution in [0.25, 0.3) is 0 Å². The van der Waals surface area contributed by atoms with Crippen molar-refractivity contribution in [3.63, 3.8) is 0 Å². The normalized spacial score (nSPS) is 19.1. The molecule has 1 N–H and O–H groups in total. The second-order valence-electron chi connectivity index (χ2n) is 6.82. The van der Waals surface area contributed by atoms with Gasteiger partial charge in [-0.05, 0) is 30.3 Å². The van der Waals surface area contributed by atoms with Crippen LogP contribution >= 0.6 is 0 Å². The summed E-state index contributed by atoms with van der Waals surface area (Å²) in [7, 11) is 0. The second kappa shape index (κ2) is 7.59. The summed E-state index contributed by atoms with van der Waals surface area (Å²) in [5.74, 6) is -0.0597. The SMILES string of the molecule is N#Cc1ccc(N2CCN(C(=O)Nc3ccc4c(c3)C(F)(F)OC(F)(F)O4)CC2)nc1. The number of carbonyl (C=O) groups is 1. The van der Waals surface area contributed by atoms with Gasteiger partial charge in [-0.15, -0.1) is 8.78 Å². The summed E-state index contributed by atoms with van der Waals surface area (Å²) in [4.78, 5) is 20.1. The summed E-state index contributed by atoms with van der Waals surface area (Å²) in [6.07, 6.45) is -7.27. The van der Waals surface area contributed by atoms with Crippen LogP contribution in [0.1, 0.15) is 11.1 Å². The molecule has 4 rings (SSSR count). The molecule has 1 fully saturated rings. The minimum absolute atomic E-state index is 0.0166. The number of halogens is 4. The Bertz CT molecular complexity index is 1030. The van der Waals surface area contributed by atoms with Crippen LogP contribution in [0.4, 0.5) is 33.9 Å². The van der Waals surface area contributed by atoms with Crippen LogP contribution in [0.15, 0.2) is 36.5 Å². The van der Waals surface area contributed by atoms with Crippen LogP contribution in [-0.4, -0.2) is 48.4 Å². The molecule has 0 atom stereocenters. The number of pyridine rings is 1. The standard InChI is InChI=1S/C19H15F4N5O3/c20-18(21)14-9-13(2-3-15(14)30-19(22,23)31-18)26-17(29)28-7-5-27(6-8-28)16-4-1-12(10-24)11-25-16/h1-4,9,11H,5-8H2,(H,26,29). The minimum atomic E-state index is -4.45. The first-order valence-corrected chi connectivity index (χ1v) is 9.13. The van der Waals surface area contributed by atoms with Crippen LogP contribution in [0.5, 0.6) is 5.75 Å². The van der Waals surface area contributed by atoms with E-state index in [4.69, 9.17) is 5.26 Å². The van der Waals surface area contributed by atoms with E-state index in [0.717, 1.165) is 12.1 Å². The number of nitrogens with one attached hydrogen (secondary N) is 1. The molecule has 0 aliphatic carbocycles. The molecule has 162 valence electrons. The topological polar surface area (TPSA) is 90.7 Å². The smallest absolute Gasteiger partial charge is 0.409 e. The number of benzene rings is 1. The molecular formula is C19H15F4N5O3. The number of alkyl halides is 4. The fourth-order valence-corrected chi connectivity index (χ4v) is 3.26. The van der Waals surface area contributed by atoms with Crippen LogP contribution < -0.4 is 15.0 Å². The molecule has 1 aromatic heterocycles. The minimum Gasteiger partial charge on any atom is -0.409 e. The van der Waals surface area contributed by atoms with Crippen molar-refractivity contribution >= 4 is 17.5 Å². The number of carbonyl (C=O) groups excluding carboxylic acids is 1. The third-order valence-corrected chi connectivity index (χ3v) is 4.79. The quantitative estimate of drug-likeness (QED) is 0.725. The van der Waals surface area contributed by atoms with Crippen molar-refractivity contribution in [3.8, 4) is 11.8 Å². The Morgan fingerprint density at radius 2 is 1.87 bits per heavy atom. The van der Waals surface area contributed by atoms with Crippen molar-refractivity contribution in [2.45, 2.75) is 12.4 Å². The number of fused-ring (bicyclic) bond motifs is 1. The summed E-state index contributed by atoms with van der Waals surface area (Å²) < 4.78 is 61.5. The lowest BCUT2D eigenvalue weighted by Gasteiger charge is -2.35. The van der Waals surface area contributed by atoms with Crippen molar-refractivity contribution in [2.75, 3.05) is 36.4 Å². The van der Waals surface area contributed by atoms with Crippen LogP contribution in [0.3, 0.4) is 0 Å². The van der Waals surface area contributed by atoms with Crippen LogP contribution in [0.2, 0.25) is 0 Å². The number of rotatable bonds is 2. The molecule has 2 aromatic rings. The predicted octanol–water partition coefficient (Wildman–Crippen LogP) is 3.32. The van der Waals surface area contributed by atoms with Crippen LogP contribution in [0, 0.1) is 11.3 Å². The van der Waals surface area contributed by atoms with E-state index in [0.29, 0.717) is 37.6 Å². The fraction of sp³-hybridized carbons (Fsp3) is 0.316.